The van der Waals surface area contributed by atoms with Gasteiger partial charge in [-0.05, 0) is 42.0 Å². The Balaban J connectivity index is 1.66. The lowest BCUT2D eigenvalue weighted by atomic mass is 10.2. The van der Waals surface area contributed by atoms with Gasteiger partial charge in [-0.2, -0.15) is 0 Å². The molecule has 1 unspecified atom stereocenters. The van der Waals surface area contributed by atoms with Crippen LogP contribution in [0.1, 0.15) is 11.3 Å². The first-order valence-corrected chi connectivity index (χ1v) is 8.39. The first-order chi connectivity index (χ1) is 11.1. The largest absolute Gasteiger partial charge is 0.444 e. The van der Waals surface area contributed by atoms with E-state index >= 15 is 0 Å². The first kappa shape index (κ1) is 15.6. The van der Waals surface area contributed by atoms with Crippen molar-refractivity contribution in [1.82, 2.24) is 4.98 Å². The molecule has 0 aliphatic carbocycles. The third-order valence-electron chi connectivity index (χ3n) is 3.17. The van der Waals surface area contributed by atoms with Crippen molar-refractivity contribution in [2.75, 3.05) is 0 Å². The Hall–Kier alpha value is -2.34. The van der Waals surface area contributed by atoms with Crippen LogP contribution in [0.4, 0.5) is 8.78 Å². The highest BCUT2D eigenvalue weighted by Crippen LogP contribution is 2.20. The van der Waals surface area contributed by atoms with Gasteiger partial charge in [0.2, 0.25) is 5.89 Å². The van der Waals surface area contributed by atoms with Gasteiger partial charge in [-0.3, -0.25) is 4.21 Å². The van der Waals surface area contributed by atoms with Gasteiger partial charge in [-0.1, -0.05) is 12.1 Å². The molecular weight excluding hydrogens is 320 g/mol. The molecule has 0 saturated carbocycles. The van der Waals surface area contributed by atoms with Crippen molar-refractivity contribution in [3.05, 3.63) is 77.7 Å². The fourth-order valence-corrected chi connectivity index (χ4v) is 3.24. The lowest BCUT2D eigenvalue weighted by molar-refractivity contribution is 0.572. The maximum Gasteiger partial charge on any atom is 0.226 e. The maximum absolute atomic E-state index is 13.1. The molecule has 0 spiro atoms. The molecule has 23 heavy (non-hydrogen) atoms. The number of aromatic nitrogens is 1. The van der Waals surface area contributed by atoms with E-state index < -0.39 is 10.8 Å². The molecule has 3 aromatic rings. The predicted octanol–water partition coefficient (Wildman–Crippen LogP) is 4.07. The summed E-state index contributed by atoms with van der Waals surface area (Å²) in [7, 11) is -1.23. The Morgan fingerprint density at radius 1 is 1.00 bits per heavy atom. The van der Waals surface area contributed by atoms with E-state index in [4.69, 9.17) is 4.42 Å². The second kappa shape index (κ2) is 6.83. The van der Waals surface area contributed by atoms with Crippen molar-refractivity contribution in [1.29, 1.82) is 0 Å². The summed E-state index contributed by atoms with van der Waals surface area (Å²) in [4.78, 5) is 4.25. The fraction of sp³-hybridized carbons (Fsp3) is 0.118. The highest BCUT2D eigenvalue weighted by Gasteiger charge is 2.10. The number of oxazole rings is 1. The van der Waals surface area contributed by atoms with Crippen molar-refractivity contribution in [2.45, 2.75) is 11.5 Å². The van der Waals surface area contributed by atoms with Crippen molar-refractivity contribution >= 4 is 10.8 Å². The minimum atomic E-state index is -1.23. The van der Waals surface area contributed by atoms with E-state index in [9.17, 15) is 13.0 Å². The minimum Gasteiger partial charge on any atom is -0.444 e. The Labute approximate surface area is 134 Å². The SMILES string of the molecule is O=S(Cc1cccc(F)c1)Cc1coc(-c2ccc(F)cc2)n1. The molecule has 0 aliphatic heterocycles. The van der Waals surface area contributed by atoms with E-state index in [-0.39, 0.29) is 23.1 Å². The number of hydrogen-bond acceptors (Lipinski definition) is 3. The van der Waals surface area contributed by atoms with Crippen LogP contribution in [0.15, 0.2) is 59.2 Å². The summed E-state index contributed by atoms with van der Waals surface area (Å²) in [6, 6.07) is 11.8. The van der Waals surface area contributed by atoms with Crippen molar-refractivity contribution < 1.29 is 17.4 Å². The zero-order valence-corrected chi connectivity index (χ0v) is 12.9. The smallest absolute Gasteiger partial charge is 0.226 e. The zero-order chi connectivity index (χ0) is 16.2. The van der Waals surface area contributed by atoms with Crippen LogP contribution in [0.5, 0.6) is 0 Å². The molecule has 3 nitrogen and oxygen atoms in total. The van der Waals surface area contributed by atoms with Crippen molar-refractivity contribution in [3.63, 3.8) is 0 Å². The molecule has 2 aromatic carbocycles. The van der Waals surface area contributed by atoms with E-state index in [0.29, 0.717) is 22.7 Å². The molecule has 0 bridgehead atoms. The molecule has 0 aliphatic rings. The molecule has 3 rings (SSSR count). The number of benzene rings is 2. The van der Waals surface area contributed by atoms with Crippen LogP contribution in [-0.4, -0.2) is 9.19 Å². The topological polar surface area (TPSA) is 43.1 Å². The molecule has 0 amide bonds. The van der Waals surface area contributed by atoms with Gasteiger partial charge >= 0.3 is 0 Å². The Morgan fingerprint density at radius 2 is 1.78 bits per heavy atom. The molecule has 0 fully saturated rings. The van der Waals surface area contributed by atoms with Gasteiger partial charge in [0.15, 0.2) is 0 Å². The number of hydrogen-bond donors (Lipinski definition) is 0. The van der Waals surface area contributed by atoms with Gasteiger partial charge < -0.3 is 4.42 Å². The maximum atomic E-state index is 13.1. The summed E-state index contributed by atoms with van der Waals surface area (Å²) in [5.41, 5.74) is 1.86. The molecule has 0 saturated heterocycles. The molecular formula is C17H13F2NO2S. The summed E-state index contributed by atoms with van der Waals surface area (Å²) in [6.07, 6.45) is 1.43. The van der Waals surface area contributed by atoms with E-state index in [0.717, 1.165) is 0 Å². The fourth-order valence-electron chi connectivity index (χ4n) is 2.13. The van der Waals surface area contributed by atoms with Crippen LogP contribution in [0, 0.1) is 11.6 Å². The second-order valence-corrected chi connectivity index (χ2v) is 6.47. The summed E-state index contributed by atoms with van der Waals surface area (Å²) in [6.45, 7) is 0. The van der Waals surface area contributed by atoms with Crippen LogP contribution in [0.3, 0.4) is 0 Å². The standard InChI is InChI=1S/C17H13F2NO2S/c18-14-6-4-13(5-7-14)17-20-16(9-22-17)11-23(21)10-12-2-1-3-15(19)8-12/h1-9H,10-11H2. The minimum absolute atomic E-state index is 0.210. The van der Waals surface area contributed by atoms with Crippen LogP contribution in [0.25, 0.3) is 11.5 Å². The Kier molecular flexibility index (Phi) is 4.62. The molecule has 0 radical (unpaired) electrons. The number of halogens is 2. The van der Waals surface area contributed by atoms with Crippen molar-refractivity contribution in [3.8, 4) is 11.5 Å². The van der Waals surface area contributed by atoms with Crippen LogP contribution >= 0.6 is 0 Å². The molecule has 1 heterocycles. The third-order valence-corrected chi connectivity index (χ3v) is 4.44. The van der Waals surface area contributed by atoms with Crippen LogP contribution in [-0.2, 0) is 22.3 Å². The lowest BCUT2D eigenvalue weighted by Crippen LogP contribution is -2.00. The number of nitrogens with zero attached hydrogens (tertiary/aromatic N) is 1. The van der Waals surface area contributed by atoms with E-state index in [1.54, 1.807) is 24.3 Å². The quantitative estimate of drug-likeness (QED) is 0.707. The highest BCUT2D eigenvalue weighted by molar-refractivity contribution is 7.83. The highest BCUT2D eigenvalue weighted by atomic mass is 32.2. The molecule has 1 atom stereocenters. The molecule has 1 aromatic heterocycles. The van der Waals surface area contributed by atoms with Gasteiger partial charge in [-0.25, -0.2) is 13.8 Å². The molecule has 118 valence electrons. The summed E-state index contributed by atoms with van der Waals surface area (Å²) >= 11 is 0. The lowest BCUT2D eigenvalue weighted by Gasteiger charge is -2.00. The van der Waals surface area contributed by atoms with E-state index in [1.165, 1.54) is 30.5 Å². The molecule has 0 N–H and O–H groups in total. The van der Waals surface area contributed by atoms with Gasteiger partial charge in [0, 0.05) is 22.1 Å². The van der Waals surface area contributed by atoms with Crippen LogP contribution in [0.2, 0.25) is 0 Å². The second-order valence-electron chi connectivity index (χ2n) is 5.01. The Morgan fingerprint density at radius 3 is 2.52 bits per heavy atom. The van der Waals surface area contributed by atoms with Gasteiger partial charge in [-0.15, -0.1) is 0 Å². The average Bonchev–Trinajstić information content (AvgIpc) is 2.96. The zero-order valence-electron chi connectivity index (χ0n) is 12.0. The van der Waals surface area contributed by atoms with Crippen molar-refractivity contribution in [2.24, 2.45) is 0 Å². The van der Waals surface area contributed by atoms with E-state index in [2.05, 4.69) is 4.98 Å². The Bertz CT molecular complexity index is 831. The molecule has 6 heteroatoms. The average molecular weight is 333 g/mol. The normalized spacial score (nSPS) is 12.3. The van der Waals surface area contributed by atoms with Gasteiger partial charge in [0.25, 0.3) is 0 Å². The summed E-state index contributed by atoms with van der Waals surface area (Å²) in [5.74, 6) is 0.122. The van der Waals surface area contributed by atoms with Gasteiger partial charge in [0.1, 0.15) is 17.9 Å². The third kappa shape index (κ3) is 4.10. The number of rotatable bonds is 5. The van der Waals surface area contributed by atoms with E-state index in [1.807, 2.05) is 0 Å². The van der Waals surface area contributed by atoms with Gasteiger partial charge in [0.05, 0.1) is 11.4 Å². The summed E-state index contributed by atoms with van der Waals surface area (Å²) in [5, 5.41) is 0. The summed E-state index contributed by atoms with van der Waals surface area (Å²) < 4.78 is 43.5. The first-order valence-electron chi connectivity index (χ1n) is 6.90. The monoisotopic (exact) mass is 333 g/mol. The van der Waals surface area contributed by atoms with Crippen LogP contribution < -0.4 is 0 Å². The predicted molar refractivity (Wildman–Crippen MR) is 83.8 cm³/mol.